The maximum absolute atomic E-state index is 12.8. The summed E-state index contributed by atoms with van der Waals surface area (Å²) in [6.07, 6.45) is 1.62. The van der Waals surface area contributed by atoms with Gasteiger partial charge in [0, 0.05) is 38.9 Å². The fourth-order valence-electron chi connectivity index (χ4n) is 4.09. The van der Waals surface area contributed by atoms with Crippen molar-refractivity contribution in [2.24, 2.45) is 11.0 Å². The molecule has 0 saturated carbocycles. The summed E-state index contributed by atoms with van der Waals surface area (Å²) < 4.78 is 2.28. The molecule has 0 spiro atoms. The molecule has 4 aromatic rings. The highest BCUT2D eigenvalue weighted by Crippen LogP contribution is 2.29. The Morgan fingerprint density at radius 1 is 1.00 bits per heavy atom. The van der Waals surface area contributed by atoms with Gasteiger partial charge in [0.25, 0.3) is 11.8 Å². The minimum Gasteiger partial charge on any atom is -0.341 e. The average Bonchev–Trinajstić information content (AvgIpc) is 3.15. The van der Waals surface area contributed by atoms with Crippen molar-refractivity contribution in [3.05, 3.63) is 82.9 Å². The van der Waals surface area contributed by atoms with Gasteiger partial charge in [-0.3, -0.25) is 9.59 Å². The van der Waals surface area contributed by atoms with Crippen LogP contribution in [0.1, 0.15) is 36.7 Å². The van der Waals surface area contributed by atoms with E-state index in [0.717, 1.165) is 23.0 Å². The van der Waals surface area contributed by atoms with Gasteiger partial charge in [0.1, 0.15) is 6.04 Å². The van der Waals surface area contributed by atoms with Gasteiger partial charge in [-0.2, -0.15) is 5.10 Å². The minimum atomic E-state index is -0.731. The predicted octanol–water partition coefficient (Wildman–Crippen LogP) is 5.37. The molecule has 0 fully saturated rings. The highest BCUT2D eigenvalue weighted by Gasteiger charge is 2.24. The molecule has 6 nitrogen and oxygen atoms in total. The lowest BCUT2D eigenvalue weighted by Gasteiger charge is -2.20. The first-order valence-electron chi connectivity index (χ1n) is 11.3. The molecule has 2 amide bonds. The standard InChI is InChI=1S/C27H27ClN4O2/c1-4-32-23-8-6-5-7-21(23)22-15-18(9-14-24(22)32)16-29-31-27(34)25(17(2)3)30-26(33)19-10-12-20(28)13-11-19/h5-17,25H,4H2,1-3H3,(H,30,33)(H,31,34). The van der Waals surface area contributed by atoms with E-state index in [0.29, 0.717) is 10.6 Å². The largest absolute Gasteiger partial charge is 0.341 e. The molecule has 7 heteroatoms. The maximum atomic E-state index is 12.8. The Hall–Kier alpha value is -3.64. The van der Waals surface area contributed by atoms with Crippen LogP contribution >= 0.6 is 11.6 Å². The summed E-state index contributed by atoms with van der Waals surface area (Å²) in [5.41, 5.74) is 6.23. The second-order valence-corrected chi connectivity index (χ2v) is 8.91. The zero-order chi connectivity index (χ0) is 24.2. The molecule has 34 heavy (non-hydrogen) atoms. The van der Waals surface area contributed by atoms with Crippen molar-refractivity contribution in [1.29, 1.82) is 0 Å². The van der Waals surface area contributed by atoms with Crippen molar-refractivity contribution >= 4 is 51.4 Å². The summed E-state index contributed by atoms with van der Waals surface area (Å²) in [4.78, 5) is 25.3. The van der Waals surface area contributed by atoms with Crippen molar-refractivity contribution in [2.45, 2.75) is 33.4 Å². The molecule has 3 aromatic carbocycles. The van der Waals surface area contributed by atoms with E-state index in [1.54, 1.807) is 30.5 Å². The van der Waals surface area contributed by atoms with E-state index >= 15 is 0 Å². The molecule has 0 aliphatic carbocycles. The van der Waals surface area contributed by atoms with Gasteiger partial charge < -0.3 is 9.88 Å². The molecule has 0 aliphatic rings. The van der Waals surface area contributed by atoms with E-state index in [4.69, 9.17) is 11.6 Å². The molecule has 0 aliphatic heterocycles. The number of aryl methyl sites for hydroxylation is 1. The first-order valence-corrected chi connectivity index (χ1v) is 11.7. The number of benzene rings is 3. The third-order valence-corrected chi connectivity index (χ3v) is 6.10. The Morgan fingerprint density at radius 3 is 2.41 bits per heavy atom. The summed E-state index contributed by atoms with van der Waals surface area (Å²) in [6, 6.07) is 20.2. The number of halogens is 1. The molecule has 2 N–H and O–H groups in total. The van der Waals surface area contributed by atoms with Crippen LogP contribution in [-0.2, 0) is 11.3 Å². The van der Waals surface area contributed by atoms with Crippen LogP contribution in [0.5, 0.6) is 0 Å². The van der Waals surface area contributed by atoms with Gasteiger partial charge in [0.2, 0.25) is 0 Å². The number of para-hydroxylation sites is 1. The molecule has 1 aromatic heterocycles. The number of fused-ring (bicyclic) bond motifs is 3. The van der Waals surface area contributed by atoms with Crippen molar-refractivity contribution < 1.29 is 9.59 Å². The molecule has 4 rings (SSSR count). The van der Waals surface area contributed by atoms with E-state index < -0.39 is 6.04 Å². The average molecular weight is 475 g/mol. The smallest absolute Gasteiger partial charge is 0.262 e. The van der Waals surface area contributed by atoms with Crippen molar-refractivity contribution in [2.75, 3.05) is 0 Å². The van der Waals surface area contributed by atoms with Gasteiger partial charge in [0.15, 0.2) is 0 Å². The summed E-state index contributed by atoms with van der Waals surface area (Å²) in [5.74, 6) is -0.840. The fourth-order valence-corrected chi connectivity index (χ4v) is 4.22. The Kier molecular flexibility index (Phi) is 6.98. The SMILES string of the molecule is CCn1c2ccccc2c2cc(C=NNC(=O)C(NC(=O)c3ccc(Cl)cc3)C(C)C)ccc21. The third-order valence-electron chi connectivity index (χ3n) is 5.84. The Morgan fingerprint density at radius 2 is 1.71 bits per heavy atom. The highest BCUT2D eigenvalue weighted by molar-refractivity contribution is 6.30. The summed E-state index contributed by atoms with van der Waals surface area (Å²) in [6.45, 7) is 6.75. The van der Waals surface area contributed by atoms with Crippen LogP contribution in [0.15, 0.2) is 71.8 Å². The van der Waals surface area contributed by atoms with E-state index in [1.165, 1.54) is 10.9 Å². The summed E-state index contributed by atoms with van der Waals surface area (Å²) in [5, 5.41) is 9.80. The van der Waals surface area contributed by atoms with Crippen molar-refractivity contribution in [3.63, 3.8) is 0 Å². The molecular formula is C27H27ClN4O2. The molecule has 0 bridgehead atoms. The van der Waals surface area contributed by atoms with Gasteiger partial charge in [-0.25, -0.2) is 5.43 Å². The number of nitrogens with one attached hydrogen (secondary N) is 2. The summed E-state index contributed by atoms with van der Waals surface area (Å²) >= 11 is 5.89. The Balaban J connectivity index is 1.49. The Bertz CT molecular complexity index is 1370. The quantitative estimate of drug-likeness (QED) is 0.279. The lowest BCUT2D eigenvalue weighted by molar-refractivity contribution is -0.123. The van der Waals surface area contributed by atoms with Crippen molar-refractivity contribution in [1.82, 2.24) is 15.3 Å². The van der Waals surface area contributed by atoms with Crippen LogP contribution in [-0.4, -0.2) is 28.6 Å². The summed E-state index contributed by atoms with van der Waals surface area (Å²) in [7, 11) is 0. The zero-order valence-corrected chi connectivity index (χ0v) is 20.1. The molecule has 0 saturated heterocycles. The number of hydrogen-bond donors (Lipinski definition) is 2. The number of carbonyl (C=O) groups is 2. The van der Waals surface area contributed by atoms with E-state index in [9.17, 15) is 9.59 Å². The number of aromatic nitrogens is 1. The van der Waals surface area contributed by atoms with Crippen LogP contribution in [0.4, 0.5) is 0 Å². The number of rotatable bonds is 7. The van der Waals surface area contributed by atoms with Gasteiger partial charge >= 0.3 is 0 Å². The second-order valence-electron chi connectivity index (χ2n) is 8.47. The lowest BCUT2D eigenvalue weighted by atomic mass is 10.0. The number of carbonyl (C=O) groups excluding carboxylic acids is 2. The predicted molar refractivity (Wildman–Crippen MR) is 138 cm³/mol. The first kappa shape index (κ1) is 23.5. The Labute approximate surface area is 203 Å². The normalized spacial score (nSPS) is 12.5. The van der Waals surface area contributed by atoms with Gasteiger partial charge in [-0.1, -0.05) is 49.7 Å². The topological polar surface area (TPSA) is 75.5 Å². The molecule has 1 atom stereocenters. The van der Waals surface area contributed by atoms with Crippen LogP contribution in [0.3, 0.4) is 0 Å². The molecule has 0 radical (unpaired) electrons. The van der Waals surface area contributed by atoms with E-state index in [1.807, 2.05) is 32.0 Å². The van der Waals surface area contributed by atoms with E-state index in [-0.39, 0.29) is 17.7 Å². The second kappa shape index (κ2) is 10.1. The molecule has 174 valence electrons. The van der Waals surface area contributed by atoms with Crippen LogP contribution < -0.4 is 10.7 Å². The molecule has 1 unspecified atom stereocenters. The van der Waals surface area contributed by atoms with Crippen molar-refractivity contribution in [3.8, 4) is 0 Å². The minimum absolute atomic E-state index is 0.122. The lowest BCUT2D eigenvalue weighted by Crippen LogP contribution is -2.48. The highest BCUT2D eigenvalue weighted by atomic mass is 35.5. The van der Waals surface area contributed by atoms with Gasteiger partial charge in [-0.05, 0) is 60.9 Å². The van der Waals surface area contributed by atoms with Crippen LogP contribution in [0.2, 0.25) is 5.02 Å². The number of amides is 2. The third kappa shape index (κ3) is 4.82. The van der Waals surface area contributed by atoms with Crippen LogP contribution in [0.25, 0.3) is 21.8 Å². The number of hydrogen-bond acceptors (Lipinski definition) is 3. The number of hydrazone groups is 1. The fraction of sp³-hybridized carbons (Fsp3) is 0.222. The monoisotopic (exact) mass is 474 g/mol. The first-order chi connectivity index (χ1) is 16.4. The maximum Gasteiger partial charge on any atom is 0.262 e. The molecular weight excluding hydrogens is 448 g/mol. The van der Waals surface area contributed by atoms with Gasteiger partial charge in [-0.15, -0.1) is 0 Å². The van der Waals surface area contributed by atoms with Gasteiger partial charge in [0.05, 0.1) is 6.21 Å². The number of nitrogens with zero attached hydrogens (tertiary/aromatic N) is 2. The van der Waals surface area contributed by atoms with E-state index in [2.05, 4.69) is 51.6 Å². The zero-order valence-electron chi connectivity index (χ0n) is 19.4. The van der Waals surface area contributed by atoms with Crippen LogP contribution in [0, 0.1) is 5.92 Å². The molecule has 1 heterocycles.